The molecule has 0 amide bonds. The van der Waals surface area contributed by atoms with Gasteiger partial charge in [0.1, 0.15) is 0 Å². The number of esters is 1. The van der Waals surface area contributed by atoms with Crippen molar-refractivity contribution in [2.45, 2.75) is 26.3 Å². The Hall–Kier alpha value is -0.860. The number of rotatable bonds is 1. The van der Waals surface area contributed by atoms with E-state index in [1.165, 1.54) is 0 Å². The molecule has 1 aliphatic heterocycles. The van der Waals surface area contributed by atoms with Gasteiger partial charge in [-0.15, -0.1) is 0 Å². The highest BCUT2D eigenvalue weighted by Crippen LogP contribution is 2.08. The van der Waals surface area contributed by atoms with Gasteiger partial charge in [-0.25, -0.2) is 9.79 Å². The first kappa shape index (κ1) is 6.26. The van der Waals surface area contributed by atoms with Gasteiger partial charge in [-0.2, -0.15) is 0 Å². The van der Waals surface area contributed by atoms with E-state index in [0.717, 1.165) is 6.42 Å². The third-order valence-electron chi connectivity index (χ3n) is 1.24. The second-order valence-electron chi connectivity index (χ2n) is 1.99. The molecule has 1 unspecified atom stereocenters. The Morgan fingerprint density at radius 2 is 2.44 bits per heavy atom. The van der Waals surface area contributed by atoms with E-state index in [1.54, 1.807) is 6.92 Å². The van der Waals surface area contributed by atoms with Crippen LogP contribution in [0.3, 0.4) is 0 Å². The van der Waals surface area contributed by atoms with Gasteiger partial charge in [-0.1, -0.05) is 6.92 Å². The SMILES string of the molecule is CCC1N=C(C)OC1=O. The second kappa shape index (κ2) is 2.17. The fraction of sp³-hybridized carbons (Fsp3) is 0.667. The van der Waals surface area contributed by atoms with E-state index in [4.69, 9.17) is 0 Å². The minimum absolute atomic E-state index is 0.213. The first-order valence-electron chi connectivity index (χ1n) is 3.00. The average molecular weight is 127 g/mol. The molecule has 0 aromatic rings. The summed E-state index contributed by atoms with van der Waals surface area (Å²) in [4.78, 5) is 14.6. The summed E-state index contributed by atoms with van der Waals surface area (Å²) < 4.78 is 4.68. The zero-order valence-electron chi connectivity index (χ0n) is 5.55. The number of nitrogens with zero attached hydrogens (tertiary/aromatic N) is 1. The molecule has 0 saturated heterocycles. The van der Waals surface area contributed by atoms with E-state index in [-0.39, 0.29) is 12.0 Å². The first-order chi connectivity index (χ1) is 4.24. The van der Waals surface area contributed by atoms with Crippen molar-refractivity contribution in [3.63, 3.8) is 0 Å². The molecule has 0 aromatic heterocycles. The van der Waals surface area contributed by atoms with Crippen molar-refractivity contribution in [3.05, 3.63) is 0 Å². The Labute approximate surface area is 53.7 Å². The summed E-state index contributed by atoms with van der Waals surface area (Å²) in [5.41, 5.74) is 0. The number of ether oxygens (including phenoxy) is 1. The van der Waals surface area contributed by atoms with Gasteiger partial charge in [0.15, 0.2) is 11.9 Å². The number of hydrogen-bond donors (Lipinski definition) is 0. The van der Waals surface area contributed by atoms with Gasteiger partial charge >= 0.3 is 5.97 Å². The fourth-order valence-corrected chi connectivity index (χ4v) is 0.770. The molecule has 50 valence electrons. The van der Waals surface area contributed by atoms with Crippen LogP contribution in [0, 0.1) is 0 Å². The zero-order valence-corrected chi connectivity index (χ0v) is 5.55. The highest BCUT2D eigenvalue weighted by Gasteiger charge is 2.24. The smallest absolute Gasteiger partial charge is 0.337 e. The van der Waals surface area contributed by atoms with E-state index in [1.807, 2.05) is 6.92 Å². The molecule has 0 radical (unpaired) electrons. The van der Waals surface area contributed by atoms with Gasteiger partial charge in [0.2, 0.25) is 0 Å². The predicted octanol–water partition coefficient (Wildman–Crippen LogP) is 0.740. The molecule has 3 heteroatoms. The molecule has 9 heavy (non-hydrogen) atoms. The molecule has 1 heterocycles. The normalized spacial score (nSPS) is 25.8. The third kappa shape index (κ3) is 1.09. The molecule has 0 aromatic carbocycles. The molecule has 0 bridgehead atoms. The molecule has 3 nitrogen and oxygen atoms in total. The average Bonchev–Trinajstić information content (AvgIpc) is 2.10. The second-order valence-corrected chi connectivity index (χ2v) is 1.99. The van der Waals surface area contributed by atoms with Crippen LogP contribution in [-0.2, 0) is 9.53 Å². The summed E-state index contributed by atoms with van der Waals surface area (Å²) in [5.74, 6) is 0.279. The monoisotopic (exact) mass is 127 g/mol. The molecular formula is C6H9NO2. The minimum Gasteiger partial charge on any atom is -0.411 e. The minimum atomic E-state index is -0.231. The Bertz CT molecular complexity index is 162. The maximum Gasteiger partial charge on any atom is 0.337 e. The Kier molecular flexibility index (Phi) is 1.51. The van der Waals surface area contributed by atoms with Crippen LogP contribution < -0.4 is 0 Å². The van der Waals surface area contributed by atoms with E-state index in [2.05, 4.69) is 9.73 Å². The van der Waals surface area contributed by atoms with Gasteiger partial charge in [-0.05, 0) is 6.42 Å². The summed E-state index contributed by atoms with van der Waals surface area (Å²) in [5, 5.41) is 0. The van der Waals surface area contributed by atoms with Crippen molar-refractivity contribution in [2.24, 2.45) is 4.99 Å². The molecule has 0 fully saturated rings. The fourth-order valence-electron chi connectivity index (χ4n) is 0.770. The Balaban J connectivity index is 2.64. The predicted molar refractivity (Wildman–Crippen MR) is 33.3 cm³/mol. The summed E-state index contributed by atoms with van der Waals surface area (Å²) in [7, 11) is 0. The molecule has 1 atom stereocenters. The van der Waals surface area contributed by atoms with Crippen LogP contribution >= 0.6 is 0 Å². The summed E-state index contributed by atoms with van der Waals surface area (Å²) in [6.07, 6.45) is 0.732. The molecular weight excluding hydrogens is 118 g/mol. The first-order valence-corrected chi connectivity index (χ1v) is 3.00. The topological polar surface area (TPSA) is 38.7 Å². The lowest BCUT2D eigenvalue weighted by atomic mass is 10.2. The van der Waals surface area contributed by atoms with Gasteiger partial charge in [-0.3, -0.25) is 0 Å². The van der Waals surface area contributed by atoms with Crippen molar-refractivity contribution >= 4 is 11.9 Å². The Morgan fingerprint density at radius 3 is 2.67 bits per heavy atom. The summed E-state index contributed by atoms with van der Waals surface area (Å²) in [6.45, 7) is 3.60. The van der Waals surface area contributed by atoms with E-state index in [9.17, 15) is 4.79 Å². The van der Waals surface area contributed by atoms with Crippen LogP contribution in [-0.4, -0.2) is 17.9 Å². The quantitative estimate of drug-likeness (QED) is 0.487. The number of hydrogen-bond acceptors (Lipinski definition) is 3. The molecule has 0 N–H and O–H groups in total. The van der Waals surface area contributed by atoms with Crippen molar-refractivity contribution in [2.75, 3.05) is 0 Å². The number of carbonyl (C=O) groups is 1. The van der Waals surface area contributed by atoms with Crippen LogP contribution in [0.5, 0.6) is 0 Å². The van der Waals surface area contributed by atoms with Crippen molar-refractivity contribution < 1.29 is 9.53 Å². The lowest BCUT2D eigenvalue weighted by Crippen LogP contribution is -2.12. The van der Waals surface area contributed by atoms with Crippen LogP contribution in [0.1, 0.15) is 20.3 Å². The maximum atomic E-state index is 10.7. The lowest BCUT2D eigenvalue weighted by molar-refractivity contribution is -0.135. The van der Waals surface area contributed by atoms with Crippen LogP contribution in [0.15, 0.2) is 4.99 Å². The standard InChI is InChI=1S/C6H9NO2/c1-3-5-6(8)9-4(2)7-5/h5H,3H2,1-2H3. The van der Waals surface area contributed by atoms with Gasteiger partial charge in [0, 0.05) is 6.92 Å². The van der Waals surface area contributed by atoms with Crippen LogP contribution in [0.2, 0.25) is 0 Å². The molecule has 0 aliphatic carbocycles. The number of carbonyl (C=O) groups excluding carboxylic acids is 1. The molecule has 0 spiro atoms. The number of aliphatic imine (C=N–C) groups is 1. The van der Waals surface area contributed by atoms with E-state index >= 15 is 0 Å². The molecule has 1 rings (SSSR count). The molecule has 1 aliphatic rings. The zero-order chi connectivity index (χ0) is 6.85. The van der Waals surface area contributed by atoms with Crippen molar-refractivity contribution in [1.29, 1.82) is 0 Å². The van der Waals surface area contributed by atoms with Gasteiger partial charge in [0.25, 0.3) is 0 Å². The summed E-state index contributed by atoms with van der Waals surface area (Å²) >= 11 is 0. The van der Waals surface area contributed by atoms with Crippen molar-refractivity contribution in [1.82, 2.24) is 0 Å². The van der Waals surface area contributed by atoms with Gasteiger partial charge < -0.3 is 4.74 Å². The summed E-state index contributed by atoms with van der Waals surface area (Å²) in [6, 6.07) is -0.231. The number of cyclic esters (lactones) is 1. The maximum absolute atomic E-state index is 10.7. The van der Waals surface area contributed by atoms with Crippen LogP contribution in [0.4, 0.5) is 0 Å². The largest absolute Gasteiger partial charge is 0.411 e. The van der Waals surface area contributed by atoms with E-state index < -0.39 is 0 Å². The van der Waals surface area contributed by atoms with Crippen molar-refractivity contribution in [3.8, 4) is 0 Å². The highest BCUT2D eigenvalue weighted by atomic mass is 16.6. The van der Waals surface area contributed by atoms with Crippen LogP contribution in [0.25, 0.3) is 0 Å². The Morgan fingerprint density at radius 1 is 1.78 bits per heavy atom. The van der Waals surface area contributed by atoms with Gasteiger partial charge in [0.05, 0.1) is 0 Å². The van der Waals surface area contributed by atoms with E-state index in [0.29, 0.717) is 5.90 Å². The lowest BCUT2D eigenvalue weighted by Gasteiger charge is -1.94. The third-order valence-corrected chi connectivity index (χ3v) is 1.24. The highest BCUT2D eigenvalue weighted by molar-refractivity contribution is 5.95. The molecule has 0 saturated carbocycles.